The van der Waals surface area contributed by atoms with Crippen molar-refractivity contribution in [3.63, 3.8) is 0 Å². The standard InChI is InChI=1S/C14H26N8O/c1-22(14-20-7-3-8-21-14)10-4-9-18-12(23)11(15)5-2-6-19-13(16)17/h3,7-8,11H,2,4-6,9-10,15H2,1H3,(H,18,23)(H4,16,17,19)/t11-/m0/s1. The number of amides is 1. The van der Waals surface area contributed by atoms with Gasteiger partial charge in [0.2, 0.25) is 11.9 Å². The van der Waals surface area contributed by atoms with E-state index in [0.717, 1.165) is 13.0 Å². The van der Waals surface area contributed by atoms with E-state index in [1.165, 1.54) is 0 Å². The predicted octanol–water partition coefficient (Wildman–Crippen LogP) is -1.20. The fraction of sp³-hybridized carbons (Fsp3) is 0.571. The van der Waals surface area contributed by atoms with E-state index >= 15 is 0 Å². The van der Waals surface area contributed by atoms with E-state index in [0.29, 0.717) is 31.9 Å². The van der Waals surface area contributed by atoms with Crippen LogP contribution in [-0.4, -0.2) is 54.6 Å². The number of nitrogens with two attached hydrogens (primary N) is 3. The lowest BCUT2D eigenvalue weighted by molar-refractivity contribution is -0.122. The Morgan fingerprint density at radius 3 is 2.70 bits per heavy atom. The molecule has 0 spiro atoms. The van der Waals surface area contributed by atoms with Gasteiger partial charge < -0.3 is 27.4 Å². The van der Waals surface area contributed by atoms with Crippen molar-refractivity contribution in [2.45, 2.75) is 25.3 Å². The molecule has 0 saturated heterocycles. The monoisotopic (exact) mass is 322 g/mol. The van der Waals surface area contributed by atoms with Gasteiger partial charge in [-0.25, -0.2) is 9.97 Å². The number of carbonyl (C=O) groups excluding carboxylic acids is 1. The van der Waals surface area contributed by atoms with Crippen LogP contribution in [0.25, 0.3) is 0 Å². The molecule has 1 heterocycles. The summed E-state index contributed by atoms with van der Waals surface area (Å²) in [6.45, 7) is 1.77. The van der Waals surface area contributed by atoms with E-state index in [9.17, 15) is 4.79 Å². The number of carbonyl (C=O) groups is 1. The van der Waals surface area contributed by atoms with E-state index in [4.69, 9.17) is 17.2 Å². The highest BCUT2D eigenvalue weighted by molar-refractivity contribution is 5.81. The van der Waals surface area contributed by atoms with Gasteiger partial charge in [-0.3, -0.25) is 9.79 Å². The fourth-order valence-corrected chi connectivity index (χ4v) is 1.90. The van der Waals surface area contributed by atoms with Gasteiger partial charge in [-0.2, -0.15) is 0 Å². The summed E-state index contributed by atoms with van der Waals surface area (Å²) in [5.41, 5.74) is 16.3. The summed E-state index contributed by atoms with van der Waals surface area (Å²) < 4.78 is 0. The zero-order valence-corrected chi connectivity index (χ0v) is 13.5. The van der Waals surface area contributed by atoms with E-state index in [1.807, 2.05) is 11.9 Å². The van der Waals surface area contributed by atoms with Gasteiger partial charge in [0.05, 0.1) is 6.04 Å². The summed E-state index contributed by atoms with van der Waals surface area (Å²) >= 11 is 0. The van der Waals surface area contributed by atoms with Crippen LogP contribution in [0, 0.1) is 0 Å². The second kappa shape index (κ2) is 10.3. The van der Waals surface area contributed by atoms with Crippen LogP contribution in [0.5, 0.6) is 0 Å². The van der Waals surface area contributed by atoms with E-state index in [1.54, 1.807) is 18.5 Å². The summed E-state index contributed by atoms with van der Waals surface area (Å²) in [6, 6.07) is 1.23. The van der Waals surface area contributed by atoms with Crippen molar-refractivity contribution in [1.29, 1.82) is 0 Å². The summed E-state index contributed by atoms with van der Waals surface area (Å²) in [6.07, 6.45) is 5.38. The number of hydrogen-bond donors (Lipinski definition) is 4. The molecule has 9 heteroatoms. The smallest absolute Gasteiger partial charge is 0.236 e. The maximum Gasteiger partial charge on any atom is 0.236 e. The lowest BCUT2D eigenvalue weighted by atomic mass is 10.1. The Labute approximate surface area is 136 Å². The van der Waals surface area contributed by atoms with Gasteiger partial charge in [0, 0.05) is 39.1 Å². The molecule has 0 aliphatic heterocycles. The maximum atomic E-state index is 11.8. The molecule has 23 heavy (non-hydrogen) atoms. The Morgan fingerprint density at radius 2 is 2.04 bits per heavy atom. The third-order valence-electron chi connectivity index (χ3n) is 3.17. The Balaban J connectivity index is 2.14. The molecule has 1 aromatic heterocycles. The highest BCUT2D eigenvalue weighted by Gasteiger charge is 2.12. The van der Waals surface area contributed by atoms with E-state index in [-0.39, 0.29) is 11.9 Å². The van der Waals surface area contributed by atoms with Gasteiger partial charge in [-0.05, 0) is 25.3 Å². The van der Waals surface area contributed by atoms with E-state index < -0.39 is 6.04 Å². The lowest BCUT2D eigenvalue weighted by Crippen LogP contribution is -2.41. The zero-order chi connectivity index (χ0) is 17.1. The topological polar surface area (TPSA) is 149 Å². The van der Waals surface area contributed by atoms with Crippen LogP contribution >= 0.6 is 0 Å². The van der Waals surface area contributed by atoms with E-state index in [2.05, 4.69) is 20.3 Å². The highest BCUT2D eigenvalue weighted by Crippen LogP contribution is 2.02. The van der Waals surface area contributed by atoms with Gasteiger partial charge in [0.1, 0.15) is 0 Å². The third-order valence-corrected chi connectivity index (χ3v) is 3.17. The average molecular weight is 322 g/mol. The van der Waals surface area contributed by atoms with Crippen LogP contribution in [0.1, 0.15) is 19.3 Å². The minimum absolute atomic E-state index is 0.0505. The largest absolute Gasteiger partial charge is 0.370 e. The first-order valence-corrected chi connectivity index (χ1v) is 7.57. The summed E-state index contributed by atoms with van der Waals surface area (Å²) in [4.78, 5) is 25.9. The van der Waals surface area contributed by atoms with Gasteiger partial charge in [0.25, 0.3) is 0 Å². The molecular weight excluding hydrogens is 296 g/mol. The van der Waals surface area contributed by atoms with Crippen molar-refractivity contribution in [2.75, 3.05) is 31.6 Å². The number of hydrogen-bond acceptors (Lipinski definition) is 6. The molecule has 0 aromatic carbocycles. The number of aromatic nitrogens is 2. The Bertz CT molecular complexity index is 489. The molecule has 1 rings (SSSR count). The number of nitrogens with one attached hydrogen (secondary N) is 1. The van der Waals surface area contributed by atoms with Crippen molar-refractivity contribution >= 4 is 17.8 Å². The minimum Gasteiger partial charge on any atom is -0.370 e. The lowest BCUT2D eigenvalue weighted by Gasteiger charge is -2.17. The van der Waals surface area contributed by atoms with Crippen LogP contribution in [0.3, 0.4) is 0 Å². The van der Waals surface area contributed by atoms with Gasteiger partial charge in [-0.1, -0.05) is 0 Å². The summed E-state index contributed by atoms with van der Waals surface area (Å²) in [5, 5.41) is 2.82. The van der Waals surface area contributed by atoms with Crippen LogP contribution < -0.4 is 27.4 Å². The highest BCUT2D eigenvalue weighted by atomic mass is 16.2. The van der Waals surface area contributed by atoms with Crippen LogP contribution in [-0.2, 0) is 4.79 Å². The molecule has 1 amide bonds. The molecule has 1 atom stereocenters. The molecule has 1 aromatic rings. The maximum absolute atomic E-state index is 11.8. The minimum atomic E-state index is -0.542. The van der Waals surface area contributed by atoms with Gasteiger partial charge in [0.15, 0.2) is 5.96 Å². The molecule has 0 aliphatic carbocycles. The number of anilines is 1. The van der Waals surface area contributed by atoms with Gasteiger partial charge >= 0.3 is 0 Å². The molecule has 7 N–H and O–H groups in total. The second-order valence-corrected chi connectivity index (χ2v) is 5.17. The molecule has 0 radical (unpaired) electrons. The molecular formula is C14H26N8O. The Morgan fingerprint density at radius 1 is 1.35 bits per heavy atom. The molecule has 0 saturated carbocycles. The molecule has 128 valence electrons. The first kappa shape index (κ1) is 18.6. The van der Waals surface area contributed by atoms with Gasteiger partial charge in [-0.15, -0.1) is 0 Å². The van der Waals surface area contributed by atoms with Crippen LogP contribution in [0.4, 0.5) is 5.95 Å². The molecule has 0 bridgehead atoms. The number of nitrogens with zero attached hydrogens (tertiary/aromatic N) is 4. The number of rotatable bonds is 10. The molecule has 0 unspecified atom stereocenters. The van der Waals surface area contributed by atoms with Crippen LogP contribution in [0.15, 0.2) is 23.5 Å². The fourth-order valence-electron chi connectivity index (χ4n) is 1.90. The first-order valence-electron chi connectivity index (χ1n) is 7.57. The normalized spacial score (nSPS) is 11.6. The quantitative estimate of drug-likeness (QED) is 0.240. The summed E-state index contributed by atoms with van der Waals surface area (Å²) in [5.74, 6) is 0.554. The van der Waals surface area contributed by atoms with Crippen LogP contribution in [0.2, 0.25) is 0 Å². The van der Waals surface area contributed by atoms with Crippen molar-refractivity contribution in [2.24, 2.45) is 22.2 Å². The van der Waals surface area contributed by atoms with Crippen molar-refractivity contribution < 1.29 is 4.79 Å². The second-order valence-electron chi connectivity index (χ2n) is 5.17. The number of guanidine groups is 1. The first-order chi connectivity index (χ1) is 11.0. The Kier molecular flexibility index (Phi) is 8.37. The van der Waals surface area contributed by atoms with Crippen molar-refractivity contribution in [3.05, 3.63) is 18.5 Å². The third kappa shape index (κ3) is 7.96. The van der Waals surface area contributed by atoms with Crippen molar-refractivity contribution in [1.82, 2.24) is 15.3 Å². The molecule has 0 aliphatic rings. The predicted molar refractivity (Wildman–Crippen MR) is 90.8 cm³/mol. The molecule has 9 nitrogen and oxygen atoms in total. The average Bonchev–Trinajstić information content (AvgIpc) is 2.55. The van der Waals surface area contributed by atoms with Crippen molar-refractivity contribution in [3.8, 4) is 0 Å². The summed E-state index contributed by atoms with van der Waals surface area (Å²) in [7, 11) is 1.91. The SMILES string of the molecule is CN(CCCNC(=O)[C@@H](N)CCCN=C(N)N)c1ncccn1. The molecule has 0 fully saturated rings. The number of aliphatic imine (C=N–C) groups is 1. The Hall–Kier alpha value is -2.42. The zero-order valence-electron chi connectivity index (χ0n) is 13.5.